The van der Waals surface area contributed by atoms with E-state index in [1.54, 1.807) is 11.3 Å². The van der Waals surface area contributed by atoms with E-state index in [1.807, 2.05) is 6.92 Å². The van der Waals surface area contributed by atoms with Gasteiger partial charge in [0, 0.05) is 22.4 Å². The van der Waals surface area contributed by atoms with E-state index in [9.17, 15) is 4.79 Å². The van der Waals surface area contributed by atoms with Crippen molar-refractivity contribution in [3.8, 4) is 11.4 Å². The number of thiophene rings is 1. The van der Waals surface area contributed by atoms with Crippen LogP contribution >= 0.6 is 23.1 Å². The summed E-state index contributed by atoms with van der Waals surface area (Å²) in [6.07, 6.45) is 1.97. The third-order valence-electron chi connectivity index (χ3n) is 3.49. The lowest BCUT2D eigenvalue weighted by molar-refractivity contribution is -0.139. The monoisotopic (exact) mass is 353 g/mol. The number of hydrogen-bond donors (Lipinski definition) is 0. The van der Waals surface area contributed by atoms with Crippen LogP contribution in [0, 0.1) is 6.92 Å². The van der Waals surface area contributed by atoms with E-state index in [0.29, 0.717) is 6.61 Å². The molecule has 0 aliphatic rings. The molecular formula is C16H23N3O2S2. The van der Waals surface area contributed by atoms with E-state index in [4.69, 9.17) is 4.74 Å². The molecule has 0 aliphatic heterocycles. The van der Waals surface area contributed by atoms with Crippen LogP contribution in [-0.4, -0.2) is 33.1 Å². The second-order valence-electron chi connectivity index (χ2n) is 5.09. The normalized spacial score (nSPS) is 11.0. The molecular weight excluding hydrogens is 330 g/mol. The second-order valence-corrected chi connectivity index (χ2v) is 7.12. The van der Waals surface area contributed by atoms with E-state index in [1.165, 1.54) is 27.8 Å². The molecule has 0 fully saturated rings. The Morgan fingerprint density at radius 2 is 2.13 bits per heavy atom. The first-order chi connectivity index (χ1) is 11.1. The number of ether oxygens (including phenoxy) is 1. The minimum atomic E-state index is -0.217. The van der Waals surface area contributed by atoms with Crippen molar-refractivity contribution in [2.24, 2.45) is 0 Å². The standard InChI is InChI=1S/C16H23N3O2S2/c1-5-8-19-15(13-9-22-11(4)12(13)6-2)17-18-16(19)23-10-14(20)21-7-3/h9H,5-8,10H2,1-4H3. The van der Waals surface area contributed by atoms with Crippen molar-refractivity contribution in [2.45, 2.75) is 52.2 Å². The van der Waals surface area contributed by atoms with Crippen LogP contribution in [0.5, 0.6) is 0 Å². The predicted octanol–water partition coefficient (Wildman–Crippen LogP) is 3.94. The van der Waals surface area contributed by atoms with Crippen molar-refractivity contribution in [3.63, 3.8) is 0 Å². The minimum absolute atomic E-state index is 0.217. The first-order valence-corrected chi connectivity index (χ1v) is 9.77. The smallest absolute Gasteiger partial charge is 0.316 e. The Morgan fingerprint density at radius 1 is 1.35 bits per heavy atom. The maximum absolute atomic E-state index is 11.6. The van der Waals surface area contributed by atoms with E-state index in [2.05, 4.69) is 40.9 Å². The Bertz CT molecular complexity index is 664. The summed E-state index contributed by atoms with van der Waals surface area (Å²) in [5.41, 5.74) is 2.50. The number of carbonyl (C=O) groups excluding carboxylic acids is 1. The molecule has 0 saturated heterocycles. The summed E-state index contributed by atoms with van der Waals surface area (Å²) >= 11 is 3.14. The Hall–Kier alpha value is -1.34. The zero-order valence-corrected chi connectivity index (χ0v) is 15.7. The van der Waals surface area contributed by atoms with Crippen LogP contribution < -0.4 is 0 Å². The molecule has 2 aromatic rings. The van der Waals surface area contributed by atoms with Gasteiger partial charge in [-0.05, 0) is 32.3 Å². The average molecular weight is 354 g/mol. The molecule has 2 aromatic heterocycles. The summed E-state index contributed by atoms with van der Waals surface area (Å²) in [7, 11) is 0. The summed E-state index contributed by atoms with van der Waals surface area (Å²) in [5.74, 6) is 0.948. The lowest BCUT2D eigenvalue weighted by atomic mass is 10.1. The van der Waals surface area contributed by atoms with Gasteiger partial charge in [0.25, 0.3) is 0 Å². The SMILES string of the molecule is CCCn1c(SCC(=O)OCC)nnc1-c1csc(C)c1CC. The average Bonchev–Trinajstić information content (AvgIpc) is 3.09. The van der Waals surface area contributed by atoms with Gasteiger partial charge in [-0.15, -0.1) is 21.5 Å². The molecule has 0 N–H and O–H groups in total. The molecule has 0 unspecified atom stereocenters. The first kappa shape index (κ1) is 18.0. The lowest BCUT2D eigenvalue weighted by Crippen LogP contribution is -2.08. The van der Waals surface area contributed by atoms with Crippen molar-refractivity contribution in [2.75, 3.05) is 12.4 Å². The van der Waals surface area contributed by atoms with Gasteiger partial charge >= 0.3 is 5.97 Å². The largest absolute Gasteiger partial charge is 0.465 e. The van der Waals surface area contributed by atoms with Crippen LogP contribution in [-0.2, 0) is 22.5 Å². The van der Waals surface area contributed by atoms with Crippen LogP contribution in [0.4, 0.5) is 0 Å². The number of aryl methyl sites for hydroxylation is 1. The highest BCUT2D eigenvalue weighted by atomic mass is 32.2. The number of nitrogens with zero attached hydrogens (tertiary/aromatic N) is 3. The van der Waals surface area contributed by atoms with Gasteiger partial charge in [-0.3, -0.25) is 4.79 Å². The van der Waals surface area contributed by atoms with Gasteiger partial charge in [0.05, 0.1) is 12.4 Å². The minimum Gasteiger partial charge on any atom is -0.465 e. The molecule has 0 bridgehead atoms. The van der Waals surface area contributed by atoms with Gasteiger partial charge in [-0.2, -0.15) is 0 Å². The Balaban J connectivity index is 2.29. The van der Waals surface area contributed by atoms with Crippen LogP contribution in [0.3, 0.4) is 0 Å². The second kappa shape index (κ2) is 8.49. The predicted molar refractivity (Wildman–Crippen MR) is 95.1 cm³/mol. The van der Waals surface area contributed by atoms with Crippen molar-refractivity contribution in [1.82, 2.24) is 14.8 Å². The van der Waals surface area contributed by atoms with Crippen LogP contribution in [0.15, 0.2) is 10.5 Å². The molecule has 2 rings (SSSR count). The van der Waals surface area contributed by atoms with Crippen molar-refractivity contribution < 1.29 is 9.53 Å². The number of carbonyl (C=O) groups is 1. The highest BCUT2D eigenvalue weighted by Gasteiger charge is 2.19. The van der Waals surface area contributed by atoms with Crippen LogP contribution in [0.2, 0.25) is 0 Å². The molecule has 2 heterocycles. The van der Waals surface area contributed by atoms with Gasteiger partial charge in [0.15, 0.2) is 11.0 Å². The zero-order valence-electron chi connectivity index (χ0n) is 14.1. The first-order valence-electron chi connectivity index (χ1n) is 7.91. The Morgan fingerprint density at radius 3 is 2.78 bits per heavy atom. The van der Waals surface area contributed by atoms with E-state index >= 15 is 0 Å². The third-order valence-corrected chi connectivity index (χ3v) is 5.38. The van der Waals surface area contributed by atoms with Crippen molar-refractivity contribution >= 4 is 29.1 Å². The molecule has 0 spiro atoms. The number of thioether (sulfide) groups is 1. The van der Waals surface area contributed by atoms with Crippen LogP contribution in [0.1, 0.15) is 37.6 Å². The van der Waals surface area contributed by atoms with Gasteiger partial charge in [-0.1, -0.05) is 25.6 Å². The molecule has 7 heteroatoms. The number of rotatable bonds is 8. The quantitative estimate of drug-likeness (QED) is 0.531. The topological polar surface area (TPSA) is 57.0 Å². The summed E-state index contributed by atoms with van der Waals surface area (Å²) in [6.45, 7) is 9.49. The number of aromatic nitrogens is 3. The Labute approximate surface area is 145 Å². The number of hydrogen-bond acceptors (Lipinski definition) is 6. The number of esters is 1. The summed E-state index contributed by atoms with van der Waals surface area (Å²) in [6, 6.07) is 0. The van der Waals surface area contributed by atoms with E-state index < -0.39 is 0 Å². The molecule has 23 heavy (non-hydrogen) atoms. The van der Waals surface area contributed by atoms with Gasteiger partial charge in [-0.25, -0.2) is 0 Å². The van der Waals surface area contributed by atoms with Crippen LogP contribution in [0.25, 0.3) is 11.4 Å². The van der Waals surface area contributed by atoms with Gasteiger partial charge in [0.2, 0.25) is 0 Å². The van der Waals surface area contributed by atoms with Crippen molar-refractivity contribution in [1.29, 1.82) is 0 Å². The van der Waals surface area contributed by atoms with Gasteiger partial charge in [0.1, 0.15) is 0 Å². The summed E-state index contributed by atoms with van der Waals surface area (Å²) in [4.78, 5) is 12.9. The van der Waals surface area contributed by atoms with Gasteiger partial charge < -0.3 is 9.30 Å². The molecule has 0 aromatic carbocycles. The fourth-order valence-corrected chi connectivity index (χ4v) is 4.15. The lowest BCUT2D eigenvalue weighted by Gasteiger charge is -2.09. The highest BCUT2D eigenvalue weighted by Crippen LogP contribution is 2.32. The molecule has 126 valence electrons. The molecule has 0 saturated carbocycles. The van der Waals surface area contributed by atoms with E-state index in [-0.39, 0.29) is 11.7 Å². The maximum atomic E-state index is 11.6. The maximum Gasteiger partial charge on any atom is 0.316 e. The van der Waals surface area contributed by atoms with E-state index in [0.717, 1.165) is 30.4 Å². The highest BCUT2D eigenvalue weighted by molar-refractivity contribution is 7.99. The molecule has 0 radical (unpaired) electrons. The fraction of sp³-hybridized carbons (Fsp3) is 0.562. The molecule has 5 nitrogen and oxygen atoms in total. The Kier molecular flexibility index (Phi) is 6.65. The molecule has 0 amide bonds. The fourth-order valence-electron chi connectivity index (χ4n) is 2.45. The summed E-state index contributed by atoms with van der Waals surface area (Å²) < 4.78 is 7.09. The molecule has 0 atom stereocenters. The zero-order chi connectivity index (χ0) is 16.8. The summed E-state index contributed by atoms with van der Waals surface area (Å²) in [5, 5.41) is 11.6. The molecule has 0 aliphatic carbocycles. The van der Waals surface area contributed by atoms with Crippen molar-refractivity contribution in [3.05, 3.63) is 15.8 Å². The third kappa shape index (κ3) is 4.14.